The monoisotopic (exact) mass is 440 g/mol. The predicted octanol–water partition coefficient (Wildman–Crippen LogP) is 6.63. The van der Waals surface area contributed by atoms with Crippen LogP contribution in [0, 0.1) is 0 Å². The first kappa shape index (κ1) is 25.6. The maximum atomic E-state index is 13.3. The highest BCUT2D eigenvalue weighted by Gasteiger charge is 2.19. The Labute approximate surface area is 192 Å². The molecule has 5 heteroatoms. The molecule has 0 saturated heterocycles. The molecule has 0 aliphatic rings. The number of allylic oxidation sites excluding steroid dienone is 3. The Morgan fingerprint density at radius 2 is 1.81 bits per heavy atom. The van der Waals surface area contributed by atoms with Crippen LogP contribution >= 0.6 is 0 Å². The van der Waals surface area contributed by atoms with Gasteiger partial charge in [0.25, 0.3) is 5.56 Å². The van der Waals surface area contributed by atoms with Crippen molar-refractivity contribution in [3.63, 3.8) is 0 Å². The molecule has 0 unspecified atom stereocenters. The number of nitrogens with two attached hydrogens (primary N) is 1. The van der Waals surface area contributed by atoms with Gasteiger partial charge < -0.3 is 19.8 Å². The van der Waals surface area contributed by atoms with Crippen LogP contribution in [0.5, 0.6) is 11.5 Å². The van der Waals surface area contributed by atoms with Crippen LogP contribution in [0.25, 0.3) is 10.9 Å². The predicted molar refractivity (Wildman–Crippen MR) is 136 cm³/mol. The molecule has 0 aliphatic heterocycles. The van der Waals surface area contributed by atoms with Crippen LogP contribution in [0.15, 0.2) is 46.3 Å². The molecule has 0 fully saturated rings. The smallest absolute Gasteiger partial charge is 0.297 e. The topological polar surface area (TPSA) is 66.5 Å². The number of hydrogen-bond donors (Lipinski definition) is 1. The normalized spacial score (nSPS) is 11.6. The van der Waals surface area contributed by atoms with Crippen molar-refractivity contribution in [2.24, 2.45) is 0 Å². The Hall–Kier alpha value is -2.69. The van der Waals surface area contributed by atoms with E-state index in [1.54, 1.807) is 4.57 Å². The minimum absolute atomic E-state index is 0.176. The molecule has 1 aromatic heterocycles. The van der Waals surface area contributed by atoms with Crippen molar-refractivity contribution >= 4 is 16.6 Å². The second-order valence-electron chi connectivity index (χ2n) is 8.57. The molecule has 2 aromatic rings. The maximum Gasteiger partial charge on any atom is 0.297 e. The summed E-state index contributed by atoms with van der Waals surface area (Å²) >= 11 is 0. The summed E-state index contributed by atoms with van der Waals surface area (Å²) in [5, 5.41) is 0.857. The summed E-state index contributed by atoms with van der Waals surface area (Å²) < 4.78 is 13.9. The van der Waals surface area contributed by atoms with Crippen molar-refractivity contribution in [1.82, 2.24) is 4.57 Å². The van der Waals surface area contributed by atoms with Crippen molar-refractivity contribution in [1.29, 1.82) is 0 Å². The lowest BCUT2D eigenvalue weighted by molar-refractivity contribution is 0.275. The molecule has 176 valence electrons. The van der Waals surface area contributed by atoms with E-state index in [0.29, 0.717) is 31.2 Å². The van der Waals surface area contributed by atoms with Crippen molar-refractivity contribution in [2.45, 2.75) is 79.7 Å². The Balaban J connectivity index is 2.33. The van der Waals surface area contributed by atoms with Crippen LogP contribution in [-0.2, 0) is 6.54 Å². The Bertz CT molecular complexity index is 998. The quantitative estimate of drug-likeness (QED) is 0.215. The summed E-state index contributed by atoms with van der Waals surface area (Å²) in [7, 11) is 0. The first-order chi connectivity index (χ1) is 15.4. The van der Waals surface area contributed by atoms with E-state index in [2.05, 4.69) is 33.8 Å². The Morgan fingerprint density at radius 3 is 2.50 bits per heavy atom. The number of nitrogens with zero attached hydrogens (tertiary/aromatic N) is 1. The average molecular weight is 441 g/mol. The number of pyridine rings is 1. The molecule has 1 aromatic carbocycles. The molecular formula is C27H40N2O3. The summed E-state index contributed by atoms with van der Waals surface area (Å²) in [6, 6.07) is 5.60. The molecule has 2 rings (SSSR count). The number of ether oxygens (including phenoxy) is 2. The second kappa shape index (κ2) is 13.0. The summed E-state index contributed by atoms with van der Waals surface area (Å²) in [4.78, 5) is 13.3. The van der Waals surface area contributed by atoms with Crippen molar-refractivity contribution < 1.29 is 9.47 Å². The number of nitrogen functional groups attached to an aromatic ring is 1. The number of aryl methyl sites for hydroxylation is 1. The van der Waals surface area contributed by atoms with Gasteiger partial charge >= 0.3 is 0 Å². The number of fused-ring (bicyclic) bond motifs is 1. The lowest BCUT2D eigenvalue weighted by Crippen LogP contribution is -2.23. The fourth-order valence-corrected chi connectivity index (χ4v) is 3.66. The zero-order chi connectivity index (χ0) is 23.5. The third-order valence-electron chi connectivity index (χ3n) is 5.51. The van der Waals surface area contributed by atoms with E-state index < -0.39 is 0 Å². The van der Waals surface area contributed by atoms with Crippen LogP contribution in [0.2, 0.25) is 0 Å². The van der Waals surface area contributed by atoms with E-state index in [1.165, 1.54) is 24.0 Å². The molecule has 0 atom stereocenters. The van der Waals surface area contributed by atoms with E-state index in [1.807, 2.05) is 31.2 Å². The number of rotatable bonds is 13. The summed E-state index contributed by atoms with van der Waals surface area (Å²) in [6.07, 6.45) is 10.7. The lowest BCUT2D eigenvalue weighted by atomic mass is 10.1. The average Bonchev–Trinajstić information content (AvgIpc) is 2.75. The summed E-state index contributed by atoms with van der Waals surface area (Å²) in [5.74, 6) is 0.815. The van der Waals surface area contributed by atoms with E-state index >= 15 is 0 Å². The third-order valence-corrected chi connectivity index (χ3v) is 5.51. The molecule has 0 amide bonds. The molecule has 0 bridgehead atoms. The second-order valence-corrected chi connectivity index (χ2v) is 8.57. The van der Waals surface area contributed by atoms with Gasteiger partial charge in [-0.3, -0.25) is 4.79 Å². The van der Waals surface area contributed by atoms with Gasteiger partial charge in [-0.1, -0.05) is 43.4 Å². The van der Waals surface area contributed by atoms with Crippen LogP contribution < -0.4 is 20.8 Å². The highest BCUT2D eigenvalue weighted by atomic mass is 16.5. The van der Waals surface area contributed by atoms with Gasteiger partial charge in [-0.15, -0.1) is 0 Å². The van der Waals surface area contributed by atoms with Gasteiger partial charge in [-0.2, -0.15) is 0 Å². The number of anilines is 1. The summed E-state index contributed by atoms with van der Waals surface area (Å²) in [6.45, 7) is 11.9. The zero-order valence-electron chi connectivity index (χ0n) is 20.5. The van der Waals surface area contributed by atoms with Gasteiger partial charge in [0.15, 0.2) is 5.75 Å². The van der Waals surface area contributed by atoms with Gasteiger partial charge in [0.1, 0.15) is 6.61 Å². The standard InChI is InChI=1S/C27H40N2O3/c1-6-8-9-10-17-31-25-23-15-14-22(28)19-24(23)29(7-2)27(30)26(25)32-18-16-21(5)13-11-12-20(3)4/h12,14-16,19H,6-11,13,17-18,28H2,1-5H3. The fourth-order valence-electron chi connectivity index (χ4n) is 3.66. The highest BCUT2D eigenvalue weighted by molar-refractivity contribution is 5.90. The van der Waals surface area contributed by atoms with E-state index in [0.717, 1.165) is 36.6 Å². The molecule has 1 heterocycles. The molecular weight excluding hydrogens is 400 g/mol. The molecule has 0 radical (unpaired) electrons. The van der Waals surface area contributed by atoms with Crippen molar-refractivity contribution in [3.8, 4) is 11.5 Å². The van der Waals surface area contributed by atoms with Crippen LogP contribution in [-0.4, -0.2) is 17.8 Å². The number of benzene rings is 1. The number of aromatic nitrogens is 1. The molecule has 0 spiro atoms. The fraction of sp³-hybridized carbons (Fsp3) is 0.519. The Kier molecular flexibility index (Phi) is 10.4. The SMILES string of the molecule is CCCCCCOc1c(OCC=C(C)CCC=C(C)C)c(=O)n(CC)c2cc(N)ccc12. The molecule has 5 nitrogen and oxygen atoms in total. The third kappa shape index (κ3) is 7.18. The molecule has 0 saturated carbocycles. The van der Waals surface area contributed by atoms with E-state index in [4.69, 9.17) is 15.2 Å². The van der Waals surface area contributed by atoms with E-state index in [9.17, 15) is 4.79 Å². The lowest BCUT2D eigenvalue weighted by Gasteiger charge is -2.18. The van der Waals surface area contributed by atoms with Crippen molar-refractivity contribution in [3.05, 3.63) is 51.9 Å². The van der Waals surface area contributed by atoms with Crippen molar-refractivity contribution in [2.75, 3.05) is 18.9 Å². The van der Waals surface area contributed by atoms with Crippen LogP contribution in [0.3, 0.4) is 0 Å². The maximum absolute atomic E-state index is 13.3. The highest BCUT2D eigenvalue weighted by Crippen LogP contribution is 2.34. The van der Waals surface area contributed by atoms with Crippen LogP contribution in [0.1, 0.15) is 73.1 Å². The van der Waals surface area contributed by atoms with Crippen LogP contribution in [0.4, 0.5) is 5.69 Å². The molecule has 32 heavy (non-hydrogen) atoms. The molecule has 2 N–H and O–H groups in total. The van der Waals surface area contributed by atoms with Gasteiger partial charge in [0.05, 0.1) is 12.1 Å². The minimum atomic E-state index is -0.176. The van der Waals surface area contributed by atoms with E-state index in [-0.39, 0.29) is 11.3 Å². The zero-order valence-corrected chi connectivity index (χ0v) is 20.5. The summed E-state index contributed by atoms with van der Waals surface area (Å²) in [5.41, 5.74) is 9.81. The largest absolute Gasteiger partial charge is 0.489 e. The molecule has 0 aliphatic carbocycles. The van der Waals surface area contributed by atoms with Gasteiger partial charge in [-0.25, -0.2) is 0 Å². The van der Waals surface area contributed by atoms with Gasteiger partial charge in [-0.05, 0) is 71.2 Å². The van der Waals surface area contributed by atoms with Gasteiger partial charge in [0.2, 0.25) is 5.75 Å². The number of hydrogen-bond acceptors (Lipinski definition) is 4. The first-order valence-electron chi connectivity index (χ1n) is 11.9. The van der Waals surface area contributed by atoms with Gasteiger partial charge in [0, 0.05) is 17.6 Å². The minimum Gasteiger partial charge on any atom is -0.489 e. The first-order valence-corrected chi connectivity index (χ1v) is 11.9. The number of unbranched alkanes of at least 4 members (excludes halogenated alkanes) is 3. The Morgan fingerprint density at radius 1 is 1.03 bits per heavy atom.